The largest absolute Gasteiger partial charge is 0.481 e. The topological polar surface area (TPSA) is 268 Å². The van der Waals surface area contributed by atoms with Crippen LogP contribution in [0.3, 0.4) is 0 Å². The molecule has 0 aliphatic rings. The Bertz CT molecular complexity index is 800. The number of hydrogen-bond acceptors (Lipinski definition) is 8. The monoisotopic (exact) mass is 489 g/mol. The summed E-state index contributed by atoms with van der Waals surface area (Å²) in [5.41, 5.74) is 10.4. The number of hydrogen-bond donors (Lipinski definition) is 8. The first-order valence-corrected chi connectivity index (χ1v) is 10.2. The molecule has 0 saturated heterocycles. The predicted molar refractivity (Wildman–Crippen MR) is 114 cm³/mol. The van der Waals surface area contributed by atoms with E-state index in [0.717, 1.165) is 0 Å². The lowest BCUT2D eigenvalue weighted by molar-refractivity contribution is -0.144. The van der Waals surface area contributed by atoms with Crippen molar-refractivity contribution in [1.29, 1.82) is 0 Å². The third-order valence-corrected chi connectivity index (χ3v) is 4.37. The molecule has 0 aromatic carbocycles. The SMILES string of the molecule is CC(C)CC(NC(=O)C(CCC(=O)O)NC(=O)C(CC(=O)O)NC(=O)C(N)CC(N)=O)C(=O)O. The molecule has 15 nitrogen and oxygen atoms in total. The van der Waals surface area contributed by atoms with E-state index in [0.29, 0.717) is 0 Å². The van der Waals surface area contributed by atoms with Crippen molar-refractivity contribution in [1.82, 2.24) is 16.0 Å². The Hall–Kier alpha value is -3.75. The first-order chi connectivity index (χ1) is 15.6. The summed E-state index contributed by atoms with van der Waals surface area (Å²) < 4.78 is 0. The van der Waals surface area contributed by atoms with Crippen molar-refractivity contribution in [2.45, 2.75) is 70.1 Å². The van der Waals surface area contributed by atoms with E-state index in [2.05, 4.69) is 10.6 Å². The molecule has 0 spiro atoms. The summed E-state index contributed by atoms with van der Waals surface area (Å²) >= 11 is 0. The minimum absolute atomic E-state index is 0.0517. The molecule has 15 heteroatoms. The zero-order chi connectivity index (χ0) is 26.6. The summed E-state index contributed by atoms with van der Waals surface area (Å²) in [6, 6.07) is -6.09. The molecule has 4 unspecified atom stereocenters. The van der Waals surface area contributed by atoms with Gasteiger partial charge in [0.15, 0.2) is 0 Å². The van der Waals surface area contributed by atoms with E-state index in [4.69, 9.17) is 21.7 Å². The van der Waals surface area contributed by atoms with Gasteiger partial charge in [0.1, 0.15) is 18.1 Å². The van der Waals surface area contributed by atoms with Gasteiger partial charge in [0.25, 0.3) is 0 Å². The van der Waals surface area contributed by atoms with Gasteiger partial charge in [-0.05, 0) is 18.8 Å². The summed E-state index contributed by atoms with van der Waals surface area (Å²) in [7, 11) is 0. The number of nitrogens with two attached hydrogens (primary N) is 2. The van der Waals surface area contributed by atoms with Gasteiger partial charge in [0, 0.05) is 6.42 Å². The molecular formula is C19H31N5O10. The highest BCUT2D eigenvalue weighted by Gasteiger charge is 2.32. The molecule has 0 bridgehead atoms. The zero-order valence-corrected chi connectivity index (χ0v) is 18.8. The number of carbonyl (C=O) groups excluding carboxylic acids is 4. The Kier molecular flexibility index (Phi) is 12.8. The van der Waals surface area contributed by atoms with Crippen molar-refractivity contribution in [3.05, 3.63) is 0 Å². The molecule has 4 atom stereocenters. The molecule has 0 aromatic rings. The standard InChI is InChI=1S/C19H31N5O10/c1-8(2)5-12(19(33)34)24-17(31)10(3-4-14(26)27)22-18(32)11(7-15(28)29)23-16(30)9(20)6-13(21)25/h8-12H,3-7,20H2,1-2H3,(H2,21,25)(H,22,32)(H,23,30)(H,24,31)(H,26,27)(H,28,29)(H,33,34). The quantitative estimate of drug-likeness (QED) is 0.109. The van der Waals surface area contributed by atoms with Gasteiger partial charge in [-0.15, -0.1) is 0 Å². The summed E-state index contributed by atoms with van der Waals surface area (Å²) in [6.45, 7) is 3.43. The molecule has 0 aliphatic carbocycles. The van der Waals surface area contributed by atoms with Crippen LogP contribution in [0, 0.1) is 5.92 Å². The van der Waals surface area contributed by atoms with Crippen LogP contribution in [0.5, 0.6) is 0 Å². The highest BCUT2D eigenvalue weighted by molar-refractivity contribution is 5.96. The maximum Gasteiger partial charge on any atom is 0.326 e. The van der Waals surface area contributed by atoms with E-state index < -0.39 is 91.4 Å². The number of nitrogens with one attached hydrogen (secondary N) is 3. The number of amides is 4. The van der Waals surface area contributed by atoms with Crippen LogP contribution >= 0.6 is 0 Å². The van der Waals surface area contributed by atoms with Crippen molar-refractivity contribution in [2.24, 2.45) is 17.4 Å². The van der Waals surface area contributed by atoms with Crippen LogP contribution in [0.25, 0.3) is 0 Å². The van der Waals surface area contributed by atoms with Gasteiger partial charge < -0.3 is 42.7 Å². The van der Waals surface area contributed by atoms with Gasteiger partial charge in [-0.3, -0.25) is 28.8 Å². The van der Waals surface area contributed by atoms with E-state index >= 15 is 0 Å². The lowest BCUT2D eigenvalue weighted by Gasteiger charge is -2.24. The molecule has 10 N–H and O–H groups in total. The highest BCUT2D eigenvalue weighted by atomic mass is 16.4. The average molecular weight is 489 g/mol. The van der Waals surface area contributed by atoms with Crippen LogP contribution in [0.4, 0.5) is 0 Å². The molecule has 0 aromatic heterocycles. The fourth-order valence-electron chi connectivity index (χ4n) is 2.75. The summed E-state index contributed by atoms with van der Waals surface area (Å²) in [5, 5.41) is 33.7. The van der Waals surface area contributed by atoms with Crippen LogP contribution in [-0.4, -0.2) is 81.0 Å². The van der Waals surface area contributed by atoms with Gasteiger partial charge in [-0.25, -0.2) is 4.79 Å². The Morgan fingerprint density at radius 3 is 1.68 bits per heavy atom. The van der Waals surface area contributed by atoms with Gasteiger partial charge in [-0.2, -0.15) is 0 Å². The van der Waals surface area contributed by atoms with Crippen LogP contribution in [0.15, 0.2) is 0 Å². The number of carbonyl (C=O) groups is 7. The molecular weight excluding hydrogens is 458 g/mol. The number of carboxylic acids is 3. The van der Waals surface area contributed by atoms with Gasteiger partial charge in [0.2, 0.25) is 23.6 Å². The zero-order valence-electron chi connectivity index (χ0n) is 18.8. The first-order valence-electron chi connectivity index (χ1n) is 10.2. The van der Waals surface area contributed by atoms with Gasteiger partial charge >= 0.3 is 17.9 Å². The Labute approximate surface area is 194 Å². The van der Waals surface area contributed by atoms with Crippen molar-refractivity contribution >= 4 is 41.5 Å². The Morgan fingerprint density at radius 1 is 0.735 bits per heavy atom. The second kappa shape index (κ2) is 14.4. The molecule has 192 valence electrons. The molecule has 0 saturated carbocycles. The van der Waals surface area contributed by atoms with Gasteiger partial charge in [0.05, 0.1) is 18.9 Å². The summed E-state index contributed by atoms with van der Waals surface area (Å²) in [5.74, 6) is -8.42. The second-order valence-electron chi connectivity index (χ2n) is 7.96. The molecule has 0 rings (SSSR count). The Balaban J connectivity index is 5.61. The van der Waals surface area contributed by atoms with Crippen LogP contribution in [-0.2, 0) is 33.6 Å². The normalized spacial score (nSPS) is 14.2. The smallest absolute Gasteiger partial charge is 0.326 e. The summed E-state index contributed by atoms with van der Waals surface area (Å²) in [4.78, 5) is 81.8. The van der Waals surface area contributed by atoms with E-state index in [9.17, 15) is 38.7 Å². The van der Waals surface area contributed by atoms with Crippen LogP contribution in [0.1, 0.15) is 46.0 Å². The van der Waals surface area contributed by atoms with Crippen molar-refractivity contribution in [2.75, 3.05) is 0 Å². The van der Waals surface area contributed by atoms with E-state index in [1.165, 1.54) is 0 Å². The number of aliphatic carboxylic acids is 3. The van der Waals surface area contributed by atoms with E-state index in [1.807, 2.05) is 5.32 Å². The maximum absolute atomic E-state index is 12.7. The maximum atomic E-state index is 12.7. The van der Waals surface area contributed by atoms with Crippen molar-refractivity contribution in [3.63, 3.8) is 0 Å². The lowest BCUT2D eigenvalue weighted by Crippen LogP contribution is -2.57. The third kappa shape index (κ3) is 12.3. The molecule has 4 amide bonds. The highest BCUT2D eigenvalue weighted by Crippen LogP contribution is 2.07. The number of carboxylic acid groups (broad SMARTS) is 3. The average Bonchev–Trinajstić information content (AvgIpc) is 2.68. The predicted octanol–water partition coefficient (Wildman–Crippen LogP) is -2.89. The first kappa shape index (κ1) is 30.2. The molecule has 34 heavy (non-hydrogen) atoms. The van der Waals surface area contributed by atoms with Crippen molar-refractivity contribution < 1.29 is 48.9 Å². The molecule has 0 fully saturated rings. The van der Waals surface area contributed by atoms with Crippen LogP contribution in [0.2, 0.25) is 0 Å². The minimum atomic E-state index is -1.74. The van der Waals surface area contributed by atoms with Crippen LogP contribution < -0.4 is 27.4 Å². The number of primary amides is 1. The lowest BCUT2D eigenvalue weighted by atomic mass is 10.0. The number of rotatable bonds is 16. The molecule has 0 heterocycles. The van der Waals surface area contributed by atoms with E-state index in [1.54, 1.807) is 13.8 Å². The third-order valence-electron chi connectivity index (χ3n) is 4.37. The fraction of sp³-hybridized carbons (Fsp3) is 0.632. The van der Waals surface area contributed by atoms with E-state index in [-0.39, 0.29) is 12.3 Å². The summed E-state index contributed by atoms with van der Waals surface area (Å²) in [6.07, 6.45) is -2.49. The molecule has 0 aliphatic heterocycles. The molecule has 0 radical (unpaired) electrons. The Morgan fingerprint density at radius 2 is 1.24 bits per heavy atom. The van der Waals surface area contributed by atoms with Gasteiger partial charge in [-0.1, -0.05) is 13.8 Å². The fourth-order valence-corrected chi connectivity index (χ4v) is 2.75. The second-order valence-corrected chi connectivity index (χ2v) is 7.96. The minimum Gasteiger partial charge on any atom is -0.481 e. The van der Waals surface area contributed by atoms with Crippen molar-refractivity contribution in [3.8, 4) is 0 Å².